The van der Waals surface area contributed by atoms with Crippen molar-refractivity contribution in [1.82, 2.24) is 5.32 Å². The summed E-state index contributed by atoms with van der Waals surface area (Å²) in [5.41, 5.74) is 1.88. The molecule has 1 saturated heterocycles. The highest BCUT2D eigenvalue weighted by Crippen LogP contribution is 2.21. The van der Waals surface area contributed by atoms with Crippen molar-refractivity contribution in [3.8, 4) is 5.75 Å². The molecule has 2 N–H and O–H groups in total. The van der Waals surface area contributed by atoms with Gasteiger partial charge in [0.25, 0.3) is 0 Å². The van der Waals surface area contributed by atoms with Gasteiger partial charge in [-0.25, -0.2) is 0 Å². The molecule has 0 saturated carbocycles. The Morgan fingerprint density at radius 2 is 2.29 bits per heavy atom. The Balaban J connectivity index is 1.97. The lowest BCUT2D eigenvalue weighted by molar-refractivity contribution is -0.00585. The number of para-hydroxylation sites is 1. The zero-order valence-corrected chi connectivity index (χ0v) is 8.29. The van der Waals surface area contributed by atoms with Crippen LogP contribution in [0.1, 0.15) is 11.1 Å². The second kappa shape index (κ2) is 3.98. The van der Waals surface area contributed by atoms with Crippen LogP contribution >= 0.6 is 0 Å². The van der Waals surface area contributed by atoms with E-state index < -0.39 is 0 Å². The topological polar surface area (TPSA) is 41.5 Å². The smallest absolute Gasteiger partial charge is 0.122 e. The van der Waals surface area contributed by atoms with Gasteiger partial charge in [0.05, 0.1) is 19.3 Å². The second-order valence-electron chi connectivity index (χ2n) is 3.70. The molecule has 0 bridgehead atoms. The molecule has 76 valence electrons. The van der Waals surface area contributed by atoms with Crippen LogP contribution in [-0.4, -0.2) is 24.4 Å². The molecule has 0 unspecified atom stereocenters. The van der Waals surface area contributed by atoms with Gasteiger partial charge in [-0.05, 0) is 12.5 Å². The van der Waals surface area contributed by atoms with Crippen LogP contribution in [0, 0.1) is 6.92 Å². The molecule has 3 heteroatoms. The Bertz CT molecular complexity index is 321. The molecular formula is C11H15NO2. The molecule has 1 aliphatic heterocycles. The first-order chi connectivity index (χ1) is 6.77. The predicted molar refractivity (Wildman–Crippen MR) is 54.3 cm³/mol. The summed E-state index contributed by atoms with van der Waals surface area (Å²) in [6.07, 6.45) is 0. The Morgan fingerprint density at radius 1 is 1.50 bits per heavy atom. The molecular weight excluding hydrogens is 178 g/mol. The van der Waals surface area contributed by atoms with Gasteiger partial charge in [-0.1, -0.05) is 18.2 Å². The third kappa shape index (κ3) is 1.89. The summed E-state index contributed by atoms with van der Waals surface area (Å²) in [5.74, 6) is 0.403. The molecule has 0 amide bonds. The van der Waals surface area contributed by atoms with Crippen LogP contribution in [0.5, 0.6) is 5.75 Å². The molecule has 3 nitrogen and oxygen atoms in total. The Labute approximate surface area is 83.7 Å². The second-order valence-corrected chi connectivity index (χ2v) is 3.70. The summed E-state index contributed by atoms with van der Waals surface area (Å²) in [6, 6.07) is 6.26. The molecule has 2 rings (SSSR count). The summed E-state index contributed by atoms with van der Waals surface area (Å²) >= 11 is 0. The van der Waals surface area contributed by atoms with Crippen LogP contribution in [-0.2, 0) is 11.3 Å². The number of phenols is 1. The summed E-state index contributed by atoms with van der Waals surface area (Å²) in [6.45, 7) is 4.19. The summed E-state index contributed by atoms with van der Waals surface area (Å²) in [7, 11) is 0. The van der Waals surface area contributed by atoms with E-state index in [9.17, 15) is 5.11 Å². The normalized spacial score (nSPS) is 16.6. The van der Waals surface area contributed by atoms with Gasteiger partial charge in [-0.3, -0.25) is 0 Å². The number of phenolic OH excluding ortho intramolecular Hbond substituents is 1. The molecule has 1 aromatic carbocycles. The fraction of sp³-hybridized carbons (Fsp3) is 0.455. The highest BCUT2D eigenvalue weighted by molar-refractivity contribution is 5.39. The van der Waals surface area contributed by atoms with Crippen molar-refractivity contribution in [2.24, 2.45) is 0 Å². The van der Waals surface area contributed by atoms with E-state index in [4.69, 9.17) is 4.74 Å². The number of rotatable bonds is 3. The van der Waals surface area contributed by atoms with Gasteiger partial charge in [0.1, 0.15) is 5.75 Å². The van der Waals surface area contributed by atoms with E-state index in [0.717, 1.165) is 24.3 Å². The van der Waals surface area contributed by atoms with Crippen molar-refractivity contribution in [1.29, 1.82) is 0 Å². The van der Waals surface area contributed by atoms with Crippen LogP contribution in [0.4, 0.5) is 0 Å². The lowest BCUT2D eigenvalue weighted by Gasteiger charge is -2.27. The third-order valence-electron chi connectivity index (χ3n) is 2.54. The van der Waals surface area contributed by atoms with Gasteiger partial charge in [0, 0.05) is 12.1 Å². The number of nitrogens with one attached hydrogen (secondary N) is 1. The van der Waals surface area contributed by atoms with Crippen molar-refractivity contribution in [3.05, 3.63) is 29.3 Å². The molecule has 0 aliphatic carbocycles. The van der Waals surface area contributed by atoms with Crippen LogP contribution in [0.3, 0.4) is 0 Å². The number of hydrogen-bond donors (Lipinski definition) is 2. The maximum Gasteiger partial charge on any atom is 0.122 e. The average molecular weight is 193 g/mol. The van der Waals surface area contributed by atoms with Crippen molar-refractivity contribution >= 4 is 0 Å². The maximum atomic E-state index is 9.73. The summed E-state index contributed by atoms with van der Waals surface area (Å²) < 4.78 is 5.05. The van der Waals surface area contributed by atoms with Crippen molar-refractivity contribution < 1.29 is 9.84 Å². The summed E-state index contributed by atoms with van der Waals surface area (Å²) in [4.78, 5) is 0. The predicted octanol–water partition coefficient (Wildman–Crippen LogP) is 1.19. The fourth-order valence-corrected chi connectivity index (χ4v) is 1.47. The van der Waals surface area contributed by atoms with Crippen molar-refractivity contribution in [2.45, 2.75) is 19.5 Å². The monoisotopic (exact) mass is 193 g/mol. The van der Waals surface area contributed by atoms with Crippen LogP contribution in [0.2, 0.25) is 0 Å². The zero-order chi connectivity index (χ0) is 9.97. The lowest BCUT2D eigenvalue weighted by Crippen LogP contribution is -2.45. The summed E-state index contributed by atoms with van der Waals surface area (Å²) in [5, 5.41) is 13.0. The van der Waals surface area contributed by atoms with E-state index in [-0.39, 0.29) is 0 Å². The van der Waals surface area contributed by atoms with E-state index >= 15 is 0 Å². The van der Waals surface area contributed by atoms with E-state index in [2.05, 4.69) is 5.32 Å². The van der Waals surface area contributed by atoms with Crippen molar-refractivity contribution in [3.63, 3.8) is 0 Å². The Kier molecular flexibility index (Phi) is 2.70. The van der Waals surface area contributed by atoms with E-state index in [1.807, 2.05) is 25.1 Å². The van der Waals surface area contributed by atoms with E-state index in [1.54, 1.807) is 0 Å². The van der Waals surface area contributed by atoms with Crippen molar-refractivity contribution in [2.75, 3.05) is 13.2 Å². The molecule has 0 atom stereocenters. The van der Waals surface area contributed by atoms with E-state index in [0.29, 0.717) is 18.3 Å². The zero-order valence-electron chi connectivity index (χ0n) is 8.29. The minimum absolute atomic E-state index is 0.403. The standard InChI is InChI=1S/C11H15NO2/c1-8-3-2-4-9(11(8)13)5-12-10-6-14-7-10/h2-4,10,12-13H,5-7H2,1H3. The first-order valence-electron chi connectivity index (χ1n) is 4.86. The fourth-order valence-electron chi connectivity index (χ4n) is 1.47. The minimum Gasteiger partial charge on any atom is -0.507 e. The van der Waals surface area contributed by atoms with Crippen LogP contribution in [0.15, 0.2) is 18.2 Å². The number of benzene rings is 1. The van der Waals surface area contributed by atoms with Gasteiger partial charge in [0.15, 0.2) is 0 Å². The first-order valence-corrected chi connectivity index (χ1v) is 4.86. The highest BCUT2D eigenvalue weighted by Gasteiger charge is 2.17. The maximum absolute atomic E-state index is 9.73. The van der Waals surface area contributed by atoms with Gasteiger partial charge in [-0.15, -0.1) is 0 Å². The largest absolute Gasteiger partial charge is 0.507 e. The van der Waals surface area contributed by atoms with Crippen LogP contribution < -0.4 is 5.32 Å². The Hall–Kier alpha value is -1.06. The molecule has 1 fully saturated rings. The number of aryl methyl sites for hydroxylation is 1. The molecule has 0 spiro atoms. The molecule has 1 aliphatic rings. The van der Waals surface area contributed by atoms with Gasteiger partial charge in [0.2, 0.25) is 0 Å². The van der Waals surface area contributed by atoms with Gasteiger partial charge < -0.3 is 15.2 Å². The van der Waals surface area contributed by atoms with Gasteiger partial charge >= 0.3 is 0 Å². The first kappa shape index (κ1) is 9.49. The average Bonchev–Trinajstić information content (AvgIpc) is 2.09. The number of hydrogen-bond acceptors (Lipinski definition) is 3. The quantitative estimate of drug-likeness (QED) is 0.757. The molecule has 14 heavy (non-hydrogen) atoms. The SMILES string of the molecule is Cc1cccc(CNC2COC2)c1O. The Morgan fingerprint density at radius 3 is 2.93 bits per heavy atom. The van der Waals surface area contributed by atoms with Gasteiger partial charge in [-0.2, -0.15) is 0 Å². The molecule has 1 heterocycles. The highest BCUT2D eigenvalue weighted by atomic mass is 16.5. The van der Waals surface area contributed by atoms with Crippen LogP contribution in [0.25, 0.3) is 0 Å². The molecule has 1 aromatic rings. The van der Waals surface area contributed by atoms with E-state index in [1.165, 1.54) is 0 Å². The number of aromatic hydroxyl groups is 1. The molecule has 0 aromatic heterocycles. The number of ether oxygens (including phenoxy) is 1. The minimum atomic E-state index is 0.403. The molecule has 0 radical (unpaired) electrons. The lowest BCUT2D eigenvalue weighted by atomic mass is 10.1. The third-order valence-corrected chi connectivity index (χ3v) is 2.54.